The van der Waals surface area contributed by atoms with Crippen LogP contribution in [-0.4, -0.2) is 43.8 Å². The highest BCUT2D eigenvalue weighted by molar-refractivity contribution is 5.81. The molecule has 0 aliphatic carbocycles. The third kappa shape index (κ3) is 4.36. The summed E-state index contributed by atoms with van der Waals surface area (Å²) in [6.07, 6.45) is 0.0573. The molecular weight excluding hydrogens is 288 g/mol. The minimum Gasteiger partial charge on any atom is -0.494 e. The van der Waals surface area contributed by atoms with Crippen molar-refractivity contribution >= 4 is 11.8 Å². The number of nitrogens with two attached hydrogens (primary N) is 1. The zero-order valence-corrected chi connectivity index (χ0v) is 12.5. The lowest BCUT2D eigenvalue weighted by atomic mass is 9.92. The summed E-state index contributed by atoms with van der Waals surface area (Å²) < 4.78 is 15.8. The largest absolute Gasteiger partial charge is 0.494 e. The van der Waals surface area contributed by atoms with Gasteiger partial charge in [-0.1, -0.05) is 0 Å². The van der Waals surface area contributed by atoms with Crippen molar-refractivity contribution in [1.82, 2.24) is 5.32 Å². The lowest BCUT2D eigenvalue weighted by Gasteiger charge is -2.41. The van der Waals surface area contributed by atoms with Crippen molar-refractivity contribution in [3.8, 4) is 11.5 Å². The zero-order chi connectivity index (χ0) is 16.0. The molecule has 0 radical (unpaired) electrons. The molecule has 1 aromatic rings. The van der Waals surface area contributed by atoms with E-state index in [9.17, 15) is 9.59 Å². The number of nitrogens with one attached hydrogen (secondary N) is 1. The highest BCUT2D eigenvalue weighted by Crippen LogP contribution is 2.21. The summed E-state index contributed by atoms with van der Waals surface area (Å²) in [7, 11) is 0. The summed E-state index contributed by atoms with van der Waals surface area (Å²) in [5, 5.41) is 2.75. The van der Waals surface area contributed by atoms with E-state index in [0.29, 0.717) is 12.4 Å². The van der Waals surface area contributed by atoms with E-state index in [2.05, 4.69) is 5.32 Å². The second-order valence-electron chi connectivity index (χ2n) is 5.16. The Labute approximate surface area is 128 Å². The predicted molar refractivity (Wildman–Crippen MR) is 78.6 cm³/mol. The average molecular weight is 308 g/mol. The molecule has 1 aliphatic rings. The molecule has 0 atom stereocenters. The molecule has 0 aromatic heterocycles. The van der Waals surface area contributed by atoms with Gasteiger partial charge in [0.25, 0.3) is 5.91 Å². The minimum atomic E-state index is -0.689. The molecule has 0 saturated carbocycles. The van der Waals surface area contributed by atoms with Gasteiger partial charge in [-0.3, -0.25) is 9.59 Å². The van der Waals surface area contributed by atoms with Crippen LogP contribution in [0.5, 0.6) is 11.5 Å². The lowest BCUT2D eigenvalue weighted by Crippen LogP contribution is -2.64. The standard InChI is InChI=1S/C15H20N2O5/c1-2-21-11-3-5-12(6-4-11)22-8-14(19)17-15(7-13(16)18)9-20-10-15/h3-6H,2,7-10H2,1H3,(H2,16,18)(H,17,19). The van der Waals surface area contributed by atoms with Crippen LogP contribution in [0, 0.1) is 0 Å². The normalized spacial score (nSPS) is 15.5. The second-order valence-corrected chi connectivity index (χ2v) is 5.16. The molecule has 1 heterocycles. The van der Waals surface area contributed by atoms with Gasteiger partial charge in [-0.15, -0.1) is 0 Å². The smallest absolute Gasteiger partial charge is 0.258 e. The van der Waals surface area contributed by atoms with Crippen LogP contribution in [0.3, 0.4) is 0 Å². The van der Waals surface area contributed by atoms with Crippen LogP contribution in [0.15, 0.2) is 24.3 Å². The maximum absolute atomic E-state index is 11.9. The number of hydrogen-bond donors (Lipinski definition) is 2. The molecule has 3 N–H and O–H groups in total. The van der Waals surface area contributed by atoms with Crippen molar-refractivity contribution in [2.45, 2.75) is 18.9 Å². The summed E-state index contributed by atoms with van der Waals surface area (Å²) >= 11 is 0. The molecule has 0 unspecified atom stereocenters. The van der Waals surface area contributed by atoms with Gasteiger partial charge < -0.3 is 25.3 Å². The SMILES string of the molecule is CCOc1ccc(OCC(=O)NC2(CC(N)=O)COC2)cc1. The van der Waals surface area contributed by atoms with Crippen molar-refractivity contribution in [3.05, 3.63) is 24.3 Å². The number of amides is 2. The van der Waals surface area contributed by atoms with Gasteiger partial charge in [0.1, 0.15) is 11.5 Å². The molecule has 7 heteroatoms. The minimum absolute atomic E-state index is 0.0573. The van der Waals surface area contributed by atoms with Gasteiger partial charge in [0.15, 0.2) is 6.61 Å². The molecule has 2 amide bonds. The average Bonchev–Trinajstić information content (AvgIpc) is 2.44. The van der Waals surface area contributed by atoms with Gasteiger partial charge in [0, 0.05) is 0 Å². The van der Waals surface area contributed by atoms with Crippen LogP contribution >= 0.6 is 0 Å². The number of hydrogen-bond acceptors (Lipinski definition) is 5. The molecule has 2 rings (SSSR count). The van der Waals surface area contributed by atoms with Crippen LogP contribution in [0.4, 0.5) is 0 Å². The zero-order valence-electron chi connectivity index (χ0n) is 12.5. The highest BCUT2D eigenvalue weighted by atomic mass is 16.5. The molecule has 0 bridgehead atoms. The fraction of sp³-hybridized carbons (Fsp3) is 0.467. The number of ether oxygens (including phenoxy) is 3. The van der Waals surface area contributed by atoms with Gasteiger partial charge in [0.2, 0.25) is 5.91 Å². The summed E-state index contributed by atoms with van der Waals surface area (Å²) in [5.74, 6) is 0.508. The number of primary amides is 1. The molecule has 1 aromatic carbocycles. The molecular formula is C15H20N2O5. The topological polar surface area (TPSA) is 99.9 Å². The molecule has 1 fully saturated rings. The third-order valence-corrected chi connectivity index (χ3v) is 3.18. The Morgan fingerprint density at radius 3 is 2.27 bits per heavy atom. The van der Waals surface area contributed by atoms with Crippen LogP contribution in [0.25, 0.3) is 0 Å². The van der Waals surface area contributed by atoms with Crippen molar-refractivity contribution in [2.75, 3.05) is 26.4 Å². The fourth-order valence-corrected chi connectivity index (χ4v) is 2.18. The summed E-state index contributed by atoms with van der Waals surface area (Å²) in [5.41, 5.74) is 4.49. The van der Waals surface area contributed by atoms with Crippen LogP contribution in [0.2, 0.25) is 0 Å². The van der Waals surface area contributed by atoms with Gasteiger partial charge in [-0.05, 0) is 31.2 Å². The second kappa shape index (κ2) is 7.13. The monoisotopic (exact) mass is 308 g/mol. The molecule has 1 saturated heterocycles. The Kier molecular flexibility index (Phi) is 5.21. The van der Waals surface area contributed by atoms with Crippen LogP contribution in [-0.2, 0) is 14.3 Å². The van der Waals surface area contributed by atoms with Gasteiger partial charge in [-0.25, -0.2) is 0 Å². The van der Waals surface area contributed by atoms with E-state index in [1.807, 2.05) is 6.92 Å². The quantitative estimate of drug-likeness (QED) is 0.716. The lowest BCUT2D eigenvalue weighted by molar-refractivity contribution is -0.139. The summed E-state index contributed by atoms with van der Waals surface area (Å²) in [6, 6.07) is 6.99. The van der Waals surface area contributed by atoms with Crippen molar-refractivity contribution in [2.24, 2.45) is 5.73 Å². The fourth-order valence-electron chi connectivity index (χ4n) is 2.18. The molecule has 0 spiro atoms. The maximum atomic E-state index is 11.9. The van der Waals surface area contributed by atoms with Crippen LogP contribution in [0.1, 0.15) is 13.3 Å². The third-order valence-electron chi connectivity index (χ3n) is 3.18. The molecule has 22 heavy (non-hydrogen) atoms. The summed E-state index contributed by atoms with van der Waals surface area (Å²) in [6.45, 7) is 2.91. The Hall–Kier alpha value is -2.28. The van der Waals surface area contributed by atoms with Gasteiger partial charge in [-0.2, -0.15) is 0 Å². The molecule has 1 aliphatic heterocycles. The predicted octanol–water partition coefficient (Wildman–Crippen LogP) is 0.225. The summed E-state index contributed by atoms with van der Waals surface area (Å²) in [4.78, 5) is 22.9. The van der Waals surface area contributed by atoms with E-state index in [-0.39, 0.29) is 32.1 Å². The van der Waals surface area contributed by atoms with E-state index in [1.165, 1.54) is 0 Å². The van der Waals surface area contributed by atoms with Crippen molar-refractivity contribution in [1.29, 1.82) is 0 Å². The van der Waals surface area contributed by atoms with Crippen molar-refractivity contribution in [3.63, 3.8) is 0 Å². The first-order chi connectivity index (χ1) is 10.5. The van der Waals surface area contributed by atoms with E-state index in [1.54, 1.807) is 24.3 Å². The van der Waals surface area contributed by atoms with E-state index in [4.69, 9.17) is 19.9 Å². The van der Waals surface area contributed by atoms with E-state index >= 15 is 0 Å². The number of carbonyl (C=O) groups is 2. The first-order valence-electron chi connectivity index (χ1n) is 7.06. The Bertz CT molecular complexity index is 525. The first-order valence-corrected chi connectivity index (χ1v) is 7.06. The van der Waals surface area contributed by atoms with Gasteiger partial charge >= 0.3 is 0 Å². The maximum Gasteiger partial charge on any atom is 0.258 e. The number of benzene rings is 1. The van der Waals surface area contributed by atoms with Crippen molar-refractivity contribution < 1.29 is 23.8 Å². The first kappa shape index (κ1) is 16.1. The van der Waals surface area contributed by atoms with E-state index < -0.39 is 11.4 Å². The Balaban J connectivity index is 1.80. The van der Waals surface area contributed by atoms with E-state index in [0.717, 1.165) is 5.75 Å². The molecule has 7 nitrogen and oxygen atoms in total. The number of rotatable bonds is 8. The van der Waals surface area contributed by atoms with Gasteiger partial charge in [0.05, 0.1) is 31.8 Å². The Morgan fingerprint density at radius 2 is 1.82 bits per heavy atom. The van der Waals surface area contributed by atoms with Crippen LogP contribution < -0.4 is 20.5 Å². The Morgan fingerprint density at radius 1 is 1.23 bits per heavy atom. The molecule has 120 valence electrons. The number of carbonyl (C=O) groups excluding carboxylic acids is 2. The highest BCUT2D eigenvalue weighted by Gasteiger charge is 2.41.